The summed E-state index contributed by atoms with van der Waals surface area (Å²) in [4.78, 5) is 16.5. The molecular weight excluding hydrogens is 242 g/mol. The van der Waals surface area contributed by atoms with Gasteiger partial charge in [-0.2, -0.15) is 0 Å². The Morgan fingerprint density at radius 2 is 2.26 bits per heavy atom. The topological polar surface area (TPSA) is 58.8 Å². The van der Waals surface area contributed by atoms with E-state index in [4.69, 9.17) is 10.5 Å². The first-order valence-electron chi connectivity index (χ1n) is 6.49. The Hall–Kier alpha value is -1.59. The summed E-state index contributed by atoms with van der Waals surface area (Å²) < 4.78 is 5.15. The molecule has 0 saturated carbocycles. The van der Waals surface area contributed by atoms with E-state index in [0.29, 0.717) is 24.4 Å². The smallest absolute Gasteiger partial charge is 0.254 e. The van der Waals surface area contributed by atoms with Crippen molar-refractivity contribution in [1.82, 2.24) is 9.80 Å². The molecule has 1 unspecified atom stereocenters. The lowest BCUT2D eigenvalue weighted by Gasteiger charge is -2.39. The average Bonchev–Trinajstić information content (AvgIpc) is 2.47. The molecule has 1 atom stereocenters. The maximum Gasteiger partial charge on any atom is 0.254 e. The van der Waals surface area contributed by atoms with Crippen LogP contribution < -0.4 is 10.5 Å². The number of rotatable bonds is 3. The highest BCUT2D eigenvalue weighted by Gasteiger charge is 2.26. The lowest BCUT2D eigenvalue weighted by Crippen LogP contribution is -2.55. The normalized spacial score (nSPS) is 20.4. The molecule has 0 bridgehead atoms. The fourth-order valence-corrected chi connectivity index (χ4v) is 2.32. The Bertz CT molecular complexity index is 450. The molecule has 5 nitrogen and oxygen atoms in total. The quantitative estimate of drug-likeness (QED) is 0.858. The Labute approximate surface area is 113 Å². The lowest BCUT2D eigenvalue weighted by molar-refractivity contribution is 0.0559. The van der Waals surface area contributed by atoms with Crippen molar-refractivity contribution in [2.24, 2.45) is 5.73 Å². The molecule has 1 amide bonds. The van der Waals surface area contributed by atoms with Gasteiger partial charge in [-0.1, -0.05) is 6.07 Å². The Kier molecular flexibility index (Phi) is 4.39. The minimum Gasteiger partial charge on any atom is -0.497 e. The van der Waals surface area contributed by atoms with E-state index in [1.165, 1.54) is 0 Å². The van der Waals surface area contributed by atoms with E-state index in [9.17, 15) is 4.79 Å². The maximum atomic E-state index is 12.4. The van der Waals surface area contributed by atoms with Crippen LogP contribution in [-0.4, -0.2) is 62.1 Å². The number of carbonyl (C=O) groups is 1. The highest BCUT2D eigenvalue weighted by atomic mass is 16.5. The number of nitrogens with two attached hydrogens (primary N) is 1. The number of amides is 1. The van der Waals surface area contributed by atoms with Gasteiger partial charge in [-0.05, 0) is 25.2 Å². The van der Waals surface area contributed by atoms with Crippen LogP contribution in [0.4, 0.5) is 0 Å². The first-order valence-corrected chi connectivity index (χ1v) is 6.49. The van der Waals surface area contributed by atoms with Gasteiger partial charge in [-0.15, -0.1) is 0 Å². The SMILES string of the molecule is COc1cccc(C(=O)N2CCN(C)C(CN)C2)c1. The second-order valence-electron chi connectivity index (χ2n) is 4.85. The second kappa shape index (κ2) is 6.04. The Morgan fingerprint density at radius 1 is 1.47 bits per heavy atom. The van der Waals surface area contributed by atoms with Crippen molar-refractivity contribution in [2.45, 2.75) is 6.04 Å². The van der Waals surface area contributed by atoms with Gasteiger partial charge in [0.1, 0.15) is 5.75 Å². The van der Waals surface area contributed by atoms with Gasteiger partial charge in [0.25, 0.3) is 5.91 Å². The third kappa shape index (κ3) is 3.05. The summed E-state index contributed by atoms with van der Waals surface area (Å²) >= 11 is 0. The van der Waals surface area contributed by atoms with E-state index in [1.807, 2.05) is 30.1 Å². The molecule has 2 N–H and O–H groups in total. The molecule has 1 heterocycles. The molecule has 0 aliphatic carbocycles. The number of piperazine rings is 1. The zero-order chi connectivity index (χ0) is 13.8. The summed E-state index contributed by atoms with van der Waals surface area (Å²) in [5, 5.41) is 0. The molecule has 1 aliphatic rings. The number of likely N-dealkylation sites (N-methyl/N-ethyl adjacent to an activating group) is 1. The Balaban J connectivity index is 2.10. The van der Waals surface area contributed by atoms with E-state index in [1.54, 1.807) is 13.2 Å². The number of carbonyl (C=O) groups excluding carboxylic acids is 1. The standard InChI is InChI=1S/C14H21N3O2/c1-16-6-7-17(10-12(16)9-15)14(18)11-4-3-5-13(8-11)19-2/h3-5,8,12H,6-7,9-10,15H2,1-2H3. The van der Waals surface area contributed by atoms with Crippen molar-refractivity contribution in [3.05, 3.63) is 29.8 Å². The van der Waals surface area contributed by atoms with Gasteiger partial charge < -0.3 is 15.4 Å². The summed E-state index contributed by atoms with van der Waals surface area (Å²) in [6.45, 7) is 2.85. The van der Waals surface area contributed by atoms with E-state index in [0.717, 1.165) is 13.1 Å². The second-order valence-corrected chi connectivity index (χ2v) is 4.85. The van der Waals surface area contributed by atoms with Crippen LogP contribution >= 0.6 is 0 Å². The fraction of sp³-hybridized carbons (Fsp3) is 0.500. The van der Waals surface area contributed by atoms with Gasteiger partial charge in [0.05, 0.1) is 7.11 Å². The molecule has 2 rings (SSSR count). The summed E-state index contributed by atoms with van der Waals surface area (Å²) in [6.07, 6.45) is 0. The molecule has 1 saturated heterocycles. The van der Waals surface area contributed by atoms with Crippen molar-refractivity contribution in [3.63, 3.8) is 0 Å². The first-order chi connectivity index (χ1) is 9.15. The third-order valence-corrected chi connectivity index (χ3v) is 3.65. The molecule has 0 radical (unpaired) electrons. The molecule has 104 valence electrons. The van der Waals surface area contributed by atoms with Crippen LogP contribution in [0.5, 0.6) is 5.75 Å². The molecule has 19 heavy (non-hydrogen) atoms. The van der Waals surface area contributed by atoms with E-state index in [-0.39, 0.29) is 11.9 Å². The molecule has 1 aromatic carbocycles. The van der Waals surface area contributed by atoms with Gasteiger partial charge in [0, 0.05) is 37.8 Å². The summed E-state index contributed by atoms with van der Waals surface area (Å²) in [5.41, 5.74) is 6.41. The van der Waals surface area contributed by atoms with Crippen molar-refractivity contribution in [1.29, 1.82) is 0 Å². The van der Waals surface area contributed by atoms with Gasteiger partial charge in [-0.3, -0.25) is 9.69 Å². The number of nitrogens with zero attached hydrogens (tertiary/aromatic N) is 2. The average molecular weight is 263 g/mol. The molecule has 0 spiro atoms. The van der Waals surface area contributed by atoms with Crippen molar-refractivity contribution >= 4 is 5.91 Å². The molecule has 1 aliphatic heterocycles. The summed E-state index contributed by atoms with van der Waals surface area (Å²) in [6, 6.07) is 7.51. The molecular formula is C14H21N3O2. The van der Waals surface area contributed by atoms with Crippen molar-refractivity contribution < 1.29 is 9.53 Å². The predicted octanol–water partition coefficient (Wildman–Crippen LogP) is 0.410. The minimum atomic E-state index is 0.0467. The molecule has 5 heteroatoms. The van der Waals surface area contributed by atoms with Crippen molar-refractivity contribution in [2.75, 3.05) is 40.3 Å². The summed E-state index contributed by atoms with van der Waals surface area (Å²) in [5.74, 6) is 0.751. The highest BCUT2D eigenvalue weighted by molar-refractivity contribution is 5.94. The van der Waals surface area contributed by atoms with Crippen LogP contribution in [0.3, 0.4) is 0 Å². The Morgan fingerprint density at radius 3 is 2.95 bits per heavy atom. The van der Waals surface area contributed by atoms with Crippen LogP contribution in [0.2, 0.25) is 0 Å². The number of hydrogen-bond donors (Lipinski definition) is 1. The van der Waals surface area contributed by atoms with Crippen molar-refractivity contribution in [3.8, 4) is 5.75 Å². The van der Waals surface area contributed by atoms with Crippen LogP contribution in [0, 0.1) is 0 Å². The number of hydrogen-bond acceptors (Lipinski definition) is 4. The van der Waals surface area contributed by atoms with Gasteiger partial charge in [-0.25, -0.2) is 0 Å². The van der Waals surface area contributed by atoms with Crippen LogP contribution in [0.15, 0.2) is 24.3 Å². The fourth-order valence-electron chi connectivity index (χ4n) is 2.32. The van der Waals surface area contributed by atoms with Gasteiger partial charge in [0.15, 0.2) is 0 Å². The van der Waals surface area contributed by atoms with E-state index in [2.05, 4.69) is 4.90 Å². The van der Waals surface area contributed by atoms with E-state index >= 15 is 0 Å². The minimum absolute atomic E-state index is 0.0467. The van der Waals surface area contributed by atoms with Crippen LogP contribution in [-0.2, 0) is 0 Å². The zero-order valence-electron chi connectivity index (χ0n) is 11.5. The predicted molar refractivity (Wildman–Crippen MR) is 74.4 cm³/mol. The number of ether oxygens (including phenoxy) is 1. The number of benzene rings is 1. The number of methoxy groups -OCH3 is 1. The van der Waals surface area contributed by atoms with Crippen LogP contribution in [0.1, 0.15) is 10.4 Å². The molecule has 0 aromatic heterocycles. The lowest BCUT2D eigenvalue weighted by atomic mass is 10.1. The van der Waals surface area contributed by atoms with Gasteiger partial charge in [0.2, 0.25) is 0 Å². The van der Waals surface area contributed by atoms with Crippen LogP contribution in [0.25, 0.3) is 0 Å². The summed E-state index contributed by atoms with van der Waals surface area (Å²) in [7, 11) is 3.65. The zero-order valence-corrected chi connectivity index (χ0v) is 11.5. The van der Waals surface area contributed by atoms with Gasteiger partial charge >= 0.3 is 0 Å². The maximum absolute atomic E-state index is 12.4. The van der Waals surface area contributed by atoms with E-state index < -0.39 is 0 Å². The third-order valence-electron chi connectivity index (χ3n) is 3.65. The monoisotopic (exact) mass is 263 g/mol. The molecule has 1 fully saturated rings. The highest BCUT2D eigenvalue weighted by Crippen LogP contribution is 2.16. The molecule has 1 aromatic rings. The largest absolute Gasteiger partial charge is 0.497 e. The first kappa shape index (κ1) is 13.8.